The number of aromatic nitrogens is 2. The zero-order valence-electron chi connectivity index (χ0n) is 18.7. The van der Waals surface area contributed by atoms with Gasteiger partial charge in [-0.15, -0.1) is 0 Å². The van der Waals surface area contributed by atoms with E-state index in [4.69, 9.17) is 0 Å². The molecule has 6 nitrogen and oxygen atoms in total. The van der Waals surface area contributed by atoms with Crippen LogP contribution >= 0.6 is 0 Å². The molecule has 0 radical (unpaired) electrons. The predicted molar refractivity (Wildman–Crippen MR) is 122 cm³/mol. The fourth-order valence-corrected chi connectivity index (χ4v) is 5.24. The second-order valence-electron chi connectivity index (χ2n) is 8.14. The molecule has 0 saturated carbocycles. The normalized spacial score (nSPS) is 17.3. The standard InChI is InChI=1S/C24H22F4N4O2S/c1-15-12-29-18(11-20(15)16-4-9-22(30-13-16)24(26,27)28)14-31-23(33)21-3-2-10-32(21)35(34)19-7-5-17(25)6-8-19/h4-9,11-13,21H,2-3,10,14H2,1H3,(H,31,33). The van der Waals surface area contributed by atoms with E-state index in [1.807, 2.05) is 0 Å². The second-order valence-corrected chi connectivity index (χ2v) is 9.58. The van der Waals surface area contributed by atoms with Crippen molar-refractivity contribution in [3.05, 3.63) is 77.6 Å². The van der Waals surface area contributed by atoms with Crippen LogP contribution < -0.4 is 5.32 Å². The van der Waals surface area contributed by atoms with Gasteiger partial charge in [0.15, 0.2) is 0 Å². The van der Waals surface area contributed by atoms with Crippen LogP contribution in [0.25, 0.3) is 11.1 Å². The number of carbonyl (C=O) groups excluding carboxylic acids is 1. The second kappa shape index (κ2) is 10.2. The molecule has 1 saturated heterocycles. The maximum atomic E-state index is 13.2. The van der Waals surface area contributed by atoms with Crippen LogP contribution in [-0.2, 0) is 28.5 Å². The summed E-state index contributed by atoms with van der Waals surface area (Å²) in [6.45, 7) is 2.34. The minimum absolute atomic E-state index is 0.0910. The molecule has 0 spiro atoms. The van der Waals surface area contributed by atoms with Gasteiger partial charge in [-0.2, -0.15) is 13.2 Å². The number of rotatable bonds is 6. The van der Waals surface area contributed by atoms with Crippen molar-refractivity contribution in [2.75, 3.05) is 6.54 Å². The fourth-order valence-electron chi connectivity index (χ4n) is 3.88. The zero-order valence-corrected chi connectivity index (χ0v) is 19.5. The first-order valence-electron chi connectivity index (χ1n) is 10.8. The van der Waals surface area contributed by atoms with E-state index in [9.17, 15) is 26.6 Å². The maximum absolute atomic E-state index is 13.2. The highest BCUT2D eigenvalue weighted by molar-refractivity contribution is 7.82. The summed E-state index contributed by atoms with van der Waals surface area (Å²) in [7, 11) is -1.60. The molecule has 1 aliphatic heterocycles. The average molecular weight is 507 g/mol. The summed E-state index contributed by atoms with van der Waals surface area (Å²) in [5, 5.41) is 2.81. The number of nitrogens with zero attached hydrogens (tertiary/aromatic N) is 3. The molecule has 184 valence electrons. The summed E-state index contributed by atoms with van der Waals surface area (Å²) in [5.74, 6) is -0.739. The first-order valence-corrected chi connectivity index (χ1v) is 11.9. The number of alkyl halides is 3. The van der Waals surface area contributed by atoms with Gasteiger partial charge in [0.2, 0.25) is 5.91 Å². The van der Waals surface area contributed by atoms with E-state index in [1.165, 1.54) is 30.3 Å². The number of aryl methyl sites for hydroxylation is 1. The molecule has 1 aliphatic rings. The van der Waals surface area contributed by atoms with Crippen LogP contribution in [0.2, 0.25) is 0 Å². The van der Waals surface area contributed by atoms with Crippen molar-refractivity contribution >= 4 is 16.9 Å². The molecule has 2 unspecified atom stereocenters. The third-order valence-corrected chi connectivity index (χ3v) is 7.24. The SMILES string of the molecule is Cc1cnc(CNC(=O)C2CCCN2S(=O)c2ccc(F)cc2)cc1-c1ccc(C(F)(F)F)nc1. The van der Waals surface area contributed by atoms with Crippen molar-refractivity contribution in [3.8, 4) is 11.1 Å². The molecule has 2 aromatic heterocycles. The van der Waals surface area contributed by atoms with Crippen LogP contribution in [0.5, 0.6) is 0 Å². The van der Waals surface area contributed by atoms with E-state index in [-0.39, 0.29) is 12.5 Å². The number of carbonyl (C=O) groups is 1. The molecule has 0 bridgehead atoms. The van der Waals surface area contributed by atoms with Gasteiger partial charge < -0.3 is 5.32 Å². The molecule has 1 N–H and O–H groups in total. The monoisotopic (exact) mass is 506 g/mol. The lowest BCUT2D eigenvalue weighted by molar-refractivity contribution is -0.141. The van der Waals surface area contributed by atoms with Gasteiger partial charge in [-0.3, -0.25) is 14.8 Å². The lowest BCUT2D eigenvalue weighted by Gasteiger charge is -2.22. The number of pyridine rings is 2. The number of hydrogen-bond acceptors (Lipinski definition) is 4. The molecule has 2 atom stereocenters. The lowest BCUT2D eigenvalue weighted by Crippen LogP contribution is -2.43. The summed E-state index contributed by atoms with van der Waals surface area (Å²) in [6.07, 6.45) is -0.550. The number of benzene rings is 1. The van der Waals surface area contributed by atoms with E-state index < -0.39 is 34.7 Å². The Hall–Kier alpha value is -3.18. The topological polar surface area (TPSA) is 75.2 Å². The van der Waals surface area contributed by atoms with Gasteiger partial charge in [0.05, 0.1) is 17.1 Å². The van der Waals surface area contributed by atoms with E-state index >= 15 is 0 Å². The smallest absolute Gasteiger partial charge is 0.349 e. The van der Waals surface area contributed by atoms with Gasteiger partial charge in [-0.1, -0.05) is 6.07 Å². The molecule has 1 aromatic carbocycles. The molecule has 35 heavy (non-hydrogen) atoms. The molecule has 1 fully saturated rings. The number of amides is 1. The number of nitrogens with one attached hydrogen (secondary N) is 1. The number of hydrogen-bond donors (Lipinski definition) is 1. The molecule has 3 heterocycles. The van der Waals surface area contributed by atoms with Crippen molar-refractivity contribution in [2.24, 2.45) is 0 Å². The quantitative estimate of drug-likeness (QED) is 0.503. The zero-order chi connectivity index (χ0) is 25.2. The molecular formula is C24H22F4N4O2S. The van der Waals surface area contributed by atoms with Crippen LogP contribution in [0, 0.1) is 12.7 Å². The van der Waals surface area contributed by atoms with E-state index in [0.29, 0.717) is 41.1 Å². The van der Waals surface area contributed by atoms with Crippen LogP contribution in [0.1, 0.15) is 29.8 Å². The van der Waals surface area contributed by atoms with Crippen molar-refractivity contribution in [1.29, 1.82) is 0 Å². The van der Waals surface area contributed by atoms with Crippen molar-refractivity contribution in [2.45, 2.75) is 43.4 Å². The summed E-state index contributed by atoms with van der Waals surface area (Å²) in [5.41, 5.74) is 1.45. The Morgan fingerprint density at radius 2 is 1.89 bits per heavy atom. The first-order chi connectivity index (χ1) is 16.6. The largest absolute Gasteiger partial charge is 0.433 e. The maximum Gasteiger partial charge on any atom is 0.433 e. The summed E-state index contributed by atoms with van der Waals surface area (Å²) in [6, 6.07) is 8.69. The molecule has 1 amide bonds. The van der Waals surface area contributed by atoms with Crippen molar-refractivity contribution in [3.63, 3.8) is 0 Å². The molecule has 3 aromatic rings. The minimum Gasteiger partial charge on any atom is -0.349 e. The van der Waals surface area contributed by atoms with Crippen LogP contribution in [0.4, 0.5) is 17.6 Å². The predicted octanol–water partition coefficient (Wildman–Crippen LogP) is 4.41. The Morgan fingerprint density at radius 1 is 1.14 bits per heavy atom. The highest BCUT2D eigenvalue weighted by atomic mass is 32.2. The van der Waals surface area contributed by atoms with Crippen LogP contribution in [0.15, 0.2) is 59.8 Å². The van der Waals surface area contributed by atoms with Gasteiger partial charge in [-0.05, 0) is 67.3 Å². The lowest BCUT2D eigenvalue weighted by atomic mass is 10.0. The Balaban J connectivity index is 1.44. The number of halogens is 4. The summed E-state index contributed by atoms with van der Waals surface area (Å²) >= 11 is 0. The van der Waals surface area contributed by atoms with Gasteiger partial charge >= 0.3 is 6.18 Å². The van der Waals surface area contributed by atoms with Gasteiger partial charge in [0, 0.05) is 24.5 Å². The highest BCUT2D eigenvalue weighted by Crippen LogP contribution is 2.30. The van der Waals surface area contributed by atoms with Gasteiger partial charge in [0.25, 0.3) is 0 Å². The van der Waals surface area contributed by atoms with E-state index in [1.54, 1.807) is 23.5 Å². The molecule has 4 rings (SSSR count). The Kier molecular flexibility index (Phi) is 7.27. The first kappa shape index (κ1) is 24.9. The third-order valence-electron chi connectivity index (χ3n) is 5.70. The molecular weight excluding hydrogens is 484 g/mol. The highest BCUT2D eigenvalue weighted by Gasteiger charge is 2.35. The van der Waals surface area contributed by atoms with Crippen molar-refractivity contribution < 1.29 is 26.6 Å². The van der Waals surface area contributed by atoms with Crippen LogP contribution in [-0.4, -0.2) is 37.0 Å². The Morgan fingerprint density at radius 3 is 2.54 bits per heavy atom. The van der Waals surface area contributed by atoms with Crippen molar-refractivity contribution in [1.82, 2.24) is 19.6 Å². The average Bonchev–Trinajstić information content (AvgIpc) is 3.33. The summed E-state index contributed by atoms with van der Waals surface area (Å²) in [4.78, 5) is 21.1. The Bertz CT molecular complexity index is 1230. The fraction of sp³-hybridized carbons (Fsp3) is 0.292. The molecule has 11 heteroatoms. The Labute approximate surface area is 202 Å². The third kappa shape index (κ3) is 5.73. The van der Waals surface area contributed by atoms with Gasteiger partial charge in [0.1, 0.15) is 28.5 Å². The minimum atomic E-state index is -4.52. The molecule has 0 aliphatic carbocycles. The van der Waals surface area contributed by atoms with E-state index in [2.05, 4.69) is 15.3 Å². The van der Waals surface area contributed by atoms with Gasteiger partial charge in [-0.25, -0.2) is 12.9 Å². The van der Waals surface area contributed by atoms with E-state index in [0.717, 1.165) is 17.8 Å². The van der Waals surface area contributed by atoms with Crippen LogP contribution in [0.3, 0.4) is 0 Å². The summed E-state index contributed by atoms with van der Waals surface area (Å²) < 4.78 is 66.1.